The molecule has 0 spiro atoms. The molecule has 1 aliphatic heterocycles. The largest absolute Gasteiger partial charge is 0.297 e. The maximum atomic E-state index is 12.4. The van der Waals surface area contributed by atoms with Gasteiger partial charge >= 0.3 is 0 Å². The number of aryl methyl sites for hydroxylation is 1. The molecular weight excluding hydrogens is 296 g/mol. The molecule has 3 aromatic rings. The van der Waals surface area contributed by atoms with E-state index in [1.54, 1.807) is 0 Å². The molecule has 0 saturated carbocycles. The molecule has 3 nitrogen and oxygen atoms in total. The molecule has 1 atom stereocenters. The van der Waals surface area contributed by atoms with Gasteiger partial charge in [-0.3, -0.25) is 9.36 Å². The van der Waals surface area contributed by atoms with Crippen LogP contribution in [0.15, 0.2) is 41.2 Å². The average Bonchev–Trinajstić information content (AvgIpc) is 2.92. The summed E-state index contributed by atoms with van der Waals surface area (Å²) in [4.78, 5) is 16.8. The molecule has 0 amide bonds. The van der Waals surface area contributed by atoms with Crippen molar-refractivity contribution < 1.29 is 0 Å². The Hall–Kier alpha value is -2.42. The highest BCUT2D eigenvalue weighted by Crippen LogP contribution is 2.33. The molecule has 4 rings (SSSR count). The lowest BCUT2D eigenvalue weighted by Crippen LogP contribution is -2.15. The second-order valence-corrected chi connectivity index (χ2v) is 6.89. The fourth-order valence-corrected chi connectivity index (χ4v) is 3.91. The molecule has 24 heavy (non-hydrogen) atoms. The standard InChI is InChI=1S/C21H22N2O/c1-4-6-13(2)15-9-10-17-16(11-15)12-19-22-21(24)20-14(3)7-5-8-18(20)23(17)19/h5,7-11,13H,4,6,12H2,1-3H3. The molecule has 0 fully saturated rings. The van der Waals surface area contributed by atoms with Gasteiger partial charge in [-0.15, -0.1) is 0 Å². The highest BCUT2D eigenvalue weighted by molar-refractivity contribution is 5.84. The number of benzene rings is 2. The molecular formula is C21H22N2O. The number of fused-ring (bicyclic) bond motifs is 5. The Balaban J connectivity index is 1.93. The molecule has 0 radical (unpaired) electrons. The van der Waals surface area contributed by atoms with Gasteiger partial charge in [0, 0.05) is 6.42 Å². The first-order chi connectivity index (χ1) is 11.6. The van der Waals surface area contributed by atoms with Crippen molar-refractivity contribution in [1.82, 2.24) is 9.55 Å². The van der Waals surface area contributed by atoms with Crippen LogP contribution in [0, 0.1) is 6.92 Å². The van der Waals surface area contributed by atoms with Gasteiger partial charge in [0.05, 0.1) is 16.6 Å². The van der Waals surface area contributed by atoms with Crippen molar-refractivity contribution in [2.45, 2.75) is 46.0 Å². The summed E-state index contributed by atoms with van der Waals surface area (Å²) in [7, 11) is 0. The summed E-state index contributed by atoms with van der Waals surface area (Å²) in [6, 6.07) is 12.7. The van der Waals surface area contributed by atoms with Crippen LogP contribution in [0.4, 0.5) is 0 Å². The third-order valence-electron chi connectivity index (χ3n) is 5.18. The van der Waals surface area contributed by atoms with Gasteiger partial charge in [-0.2, -0.15) is 4.98 Å². The first-order valence-electron chi connectivity index (χ1n) is 8.74. The zero-order valence-electron chi connectivity index (χ0n) is 14.5. The minimum absolute atomic E-state index is 0.110. The Morgan fingerprint density at radius 1 is 1.25 bits per heavy atom. The molecule has 0 N–H and O–H groups in total. The number of hydrogen-bond donors (Lipinski definition) is 0. The van der Waals surface area contributed by atoms with Gasteiger partial charge in [0.1, 0.15) is 5.82 Å². The average molecular weight is 318 g/mol. The van der Waals surface area contributed by atoms with E-state index in [-0.39, 0.29) is 5.56 Å². The summed E-state index contributed by atoms with van der Waals surface area (Å²) in [5, 5.41) is 0.734. The molecule has 122 valence electrons. The Bertz CT molecular complexity index is 1000. The lowest BCUT2D eigenvalue weighted by Gasteiger charge is -2.14. The van der Waals surface area contributed by atoms with E-state index in [1.165, 1.54) is 29.7 Å². The summed E-state index contributed by atoms with van der Waals surface area (Å²) >= 11 is 0. The molecule has 1 aliphatic rings. The van der Waals surface area contributed by atoms with E-state index in [1.807, 2.05) is 25.1 Å². The summed E-state index contributed by atoms with van der Waals surface area (Å²) in [5.41, 5.74) is 5.67. The van der Waals surface area contributed by atoms with Crippen LogP contribution in [0.5, 0.6) is 0 Å². The molecule has 1 unspecified atom stereocenters. The normalized spacial score (nSPS) is 13.8. The van der Waals surface area contributed by atoms with Gasteiger partial charge in [-0.05, 0) is 48.1 Å². The zero-order valence-corrected chi connectivity index (χ0v) is 14.5. The lowest BCUT2D eigenvalue weighted by atomic mass is 9.94. The zero-order chi connectivity index (χ0) is 16.8. The Kier molecular flexibility index (Phi) is 3.52. The smallest absolute Gasteiger partial charge is 0.281 e. The van der Waals surface area contributed by atoms with Crippen LogP contribution < -0.4 is 5.56 Å². The Morgan fingerprint density at radius 2 is 2.08 bits per heavy atom. The van der Waals surface area contributed by atoms with Crippen molar-refractivity contribution in [1.29, 1.82) is 0 Å². The third kappa shape index (κ3) is 2.19. The Labute approximate surface area is 142 Å². The Morgan fingerprint density at radius 3 is 2.88 bits per heavy atom. The predicted molar refractivity (Wildman–Crippen MR) is 98.2 cm³/mol. The molecule has 2 heterocycles. The molecule has 2 aromatic carbocycles. The monoisotopic (exact) mass is 318 g/mol. The topological polar surface area (TPSA) is 34.9 Å². The third-order valence-corrected chi connectivity index (χ3v) is 5.18. The van der Waals surface area contributed by atoms with E-state index >= 15 is 0 Å². The van der Waals surface area contributed by atoms with E-state index in [4.69, 9.17) is 0 Å². The number of aromatic nitrogens is 2. The minimum atomic E-state index is -0.110. The van der Waals surface area contributed by atoms with Crippen molar-refractivity contribution in [3.63, 3.8) is 0 Å². The second kappa shape index (κ2) is 5.59. The summed E-state index contributed by atoms with van der Waals surface area (Å²) in [6.07, 6.45) is 3.13. The number of rotatable bonds is 3. The van der Waals surface area contributed by atoms with Crippen molar-refractivity contribution in [2.75, 3.05) is 0 Å². The van der Waals surface area contributed by atoms with Gasteiger partial charge < -0.3 is 0 Å². The van der Waals surface area contributed by atoms with Gasteiger partial charge in [0.15, 0.2) is 0 Å². The molecule has 0 aliphatic carbocycles. The van der Waals surface area contributed by atoms with Crippen LogP contribution in [0.2, 0.25) is 0 Å². The number of nitrogens with zero attached hydrogens (tertiary/aromatic N) is 2. The first kappa shape index (κ1) is 15.1. The van der Waals surface area contributed by atoms with Crippen LogP contribution in [0.1, 0.15) is 55.1 Å². The van der Waals surface area contributed by atoms with Gasteiger partial charge in [0.25, 0.3) is 5.56 Å². The van der Waals surface area contributed by atoms with E-state index < -0.39 is 0 Å². The predicted octanol–water partition coefficient (Wildman–Crippen LogP) is 4.50. The van der Waals surface area contributed by atoms with Crippen LogP contribution in [-0.4, -0.2) is 9.55 Å². The fourth-order valence-electron chi connectivity index (χ4n) is 3.91. The van der Waals surface area contributed by atoms with Crippen LogP contribution in [-0.2, 0) is 6.42 Å². The molecule has 0 bridgehead atoms. The summed E-state index contributed by atoms with van der Waals surface area (Å²) < 4.78 is 2.16. The number of hydrogen-bond acceptors (Lipinski definition) is 2. The van der Waals surface area contributed by atoms with E-state index in [2.05, 4.69) is 41.6 Å². The fraction of sp³-hybridized carbons (Fsp3) is 0.333. The van der Waals surface area contributed by atoms with Crippen LogP contribution >= 0.6 is 0 Å². The first-order valence-corrected chi connectivity index (χ1v) is 8.74. The van der Waals surface area contributed by atoms with Crippen molar-refractivity contribution in [2.24, 2.45) is 0 Å². The second-order valence-electron chi connectivity index (χ2n) is 6.89. The van der Waals surface area contributed by atoms with Crippen molar-refractivity contribution in [3.05, 3.63) is 69.3 Å². The maximum Gasteiger partial charge on any atom is 0.281 e. The molecule has 0 saturated heterocycles. The van der Waals surface area contributed by atoms with Crippen LogP contribution in [0.3, 0.4) is 0 Å². The van der Waals surface area contributed by atoms with E-state index in [0.29, 0.717) is 5.92 Å². The minimum Gasteiger partial charge on any atom is -0.297 e. The van der Waals surface area contributed by atoms with Crippen LogP contribution in [0.25, 0.3) is 16.6 Å². The van der Waals surface area contributed by atoms with Gasteiger partial charge in [0.2, 0.25) is 0 Å². The van der Waals surface area contributed by atoms with Crippen molar-refractivity contribution >= 4 is 10.9 Å². The van der Waals surface area contributed by atoms with E-state index in [0.717, 1.165) is 28.7 Å². The quantitative estimate of drug-likeness (QED) is 0.557. The van der Waals surface area contributed by atoms with Gasteiger partial charge in [-0.1, -0.05) is 44.5 Å². The summed E-state index contributed by atoms with van der Waals surface area (Å²) in [6.45, 7) is 6.49. The SMILES string of the molecule is CCCC(C)c1ccc2c(c1)Cc1nc(=O)c3c(C)cccc3n1-2. The van der Waals surface area contributed by atoms with E-state index in [9.17, 15) is 4.79 Å². The van der Waals surface area contributed by atoms with Gasteiger partial charge in [-0.25, -0.2) is 0 Å². The maximum absolute atomic E-state index is 12.4. The molecule has 1 aromatic heterocycles. The highest BCUT2D eigenvalue weighted by Gasteiger charge is 2.23. The lowest BCUT2D eigenvalue weighted by molar-refractivity contribution is 0.664. The summed E-state index contributed by atoms with van der Waals surface area (Å²) in [5.74, 6) is 1.42. The van der Waals surface area contributed by atoms with Crippen molar-refractivity contribution in [3.8, 4) is 5.69 Å². The highest BCUT2D eigenvalue weighted by atomic mass is 16.1. The molecule has 3 heteroatoms.